The van der Waals surface area contributed by atoms with Gasteiger partial charge in [0.15, 0.2) is 0 Å². The molecule has 0 aromatic rings. The van der Waals surface area contributed by atoms with Gasteiger partial charge in [0.25, 0.3) is 0 Å². The lowest BCUT2D eigenvalue weighted by atomic mass is 9.98. The molecule has 5 heteroatoms. The molecule has 1 saturated heterocycles. The molecule has 1 fully saturated rings. The van der Waals surface area contributed by atoms with Gasteiger partial charge in [0.05, 0.1) is 12.0 Å². The Balaban J connectivity index is 2.32. The van der Waals surface area contributed by atoms with Crippen molar-refractivity contribution in [1.29, 1.82) is 0 Å². The standard InChI is InChI=1S/C9H16N2O3/c1-3-10-8(12)6(2)11-4-7(5-11)9(13)14/h6-7H,3-5H2,1-2H3,(H,10,12)(H,13,14). The molecule has 0 bridgehead atoms. The quantitative estimate of drug-likeness (QED) is 0.643. The number of carboxylic acid groups (broad SMARTS) is 1. The van der Waals surface area contributed by atoms with Crippen molar-refractivity contribution in [2.24, 2.45) is 5.92 Å². The van der Waals surface area contributed by atoms with Crippen LogP contribution in [-0.4, -0.2) is 47.6 Å². The van der Waals surface area contributed by atoms with Crippen LogP contribution < -0.4 is 5.32 Å². The summed E-state index contributed by atoms with van der Waals surface area (Å²) in [6.07, 6.45) is 0. The molecule has 14 heavy (non-hydrogen) atoms. The average molecular weight is 200 g/mol. The summed E-state index contributed by atoms with van der Waals surface area (Å²) in [5.41, 5.74) is 0. The zero-order valence-electron chi connectivity index (χ0n) is 8.49. The highest BCUT2D eigenvalue weighted by atomic mass is 16.4. The highest BCUT2D eigenvalue weighted by Crippen LogP contribution is 2.18. The van der Waals surface area contributed by atoms with E-state index in [9.17, 15) is 9.59 Å². The Bertz CT molecular complexity index is 236. The van der Waals surface area contributed by atoms with Gasteiger partial charge in [-0.3, -0.25) is 14.5 Å². The van der Waals surface area contributed by atoms with Crippen molar-refractivity contribution in [3.63, 3.8) is 0 Å². The van der Waals surface area contributed by atoms with Gasteiger partial charge in [-0.15, -0.1) is 0 Å². The van der Waals surface area contributed by atoms with Crippen molar-refractivity contribution in [1.82, 2.24) is 10.2 Å². The highest BCUT2D eigenvalue weighted by Gasteiger charge is 2.37. The predicted molar refractivity (Wildman–Crippen MR) is 50.8 cm³/mol. The second-order valence-corrected chi connectivity index (χ2v) is 3.56. The number of likely N-dealkylation sites (tertiary alicyclic amines) is 1. The number of carbonyl (C=O) groups is 2. The normalized spacial score (nSPS) is 19.9. The topological polar surface area (TPSA) is 69.6 Å². The van der Waals surface area contributed by atoms with Crippen LogP contribution in [0.4, 0.5) is 0 Å². The molecule has 1 unspecified atom stereocenters. The van der Waals surface area contributed by atoms with Gasteiger partial charge in [-0.2, -0.15) is 0 Å². The Morgan fingerprint density at radius 1 is 1.57 bits per heavy atom. The summed E-state index contributed by atoms with van der Waals surface area (Å²) >= 11 is 0. The lowest BCUT2D eigenvalue weighted by Gasteiger charge is -2.40. The van der Waals surface area contributed by atoms with Crippen LogP contribution in [0.15, 0.2) is 0 Å². The summed E-state index contributed by atoms with van der Waals surface area (Å²) in [6, 6.07) is -0.217. The van der Waals surface area contributed by atoms with Gasteiger partial charge in [0.2, 0.25) is 5.91 Å². The monoisotopic (exact) mass is 200 g/mol. The minimum Gasteiger partial charge on any atom is -0.481 e. The van der Waals surface area contributed by atoms with Gasteiger partial charge >= 0.3 is 5.97 Å². The summed E-state index contributed by atoms with van der Waals surface area (Å²) in [7, 11) is 0. The molecule has 0 spiro atoms. The van der Waals surface area contributed by atoms with Crippen LogP contribution >= 0.6 is 0 Å². The lowest BCUT2D eigenvalue weighted by molar-refractivity contribution is -0.150. The van der Waals surface area contributed by atoms with Crippen molar-refractivity contribution in [2.75, 3.05) is 19.6 Å². The van der Waals surface area contributed by atoms with Gasteiger partial charge in [0, 0.05) is 19.6 Å². The fraction of sp³-hybridized carbons (Fsp3) is 0.778. The third kappa shape index (κ3) is 2.23. The first kappa shape index (κ1) is 11.0. The minimum atomic E-state index is -0.774. The largest absolute Gasteiger partial charge is 0.481 e. The molecule has 0 radical (unpaired) electrons. The molecule has 0 aromatic carbocycles. The van der Waals surface area contributed by atoms with E-state index in [1.165, 1.54) is 0 Å². The molecule has 1 heterocycles. The lowest BCUT2D eigenvalue weighted by Crippen LogP contribution is -2.58. The maximum atomic E-state index is 11.4. The number of carboxylic acids is 1. The van der Waals surface area contributed by atoms with E-state index in [-0.39, 0.29) is 17.9 Å². The first-order valence-corrected chi connectivity index (χ1v) is 4.80. The Morgan fingerprint density at radius 2 is 2.14 bits per heavy atom. The third-order valence-electron chi connectivity index (χ3n) is 2.54. The molecule has 1 aliphatic heterocycles. The average Bonchev–Trinajstić information content (AvgIpc) is 2.00. The van der Waals surface area contributed by atoms with E-state index in [2.05, 4.69) is 5.32 Å². The number of rotatable bonds is 4. The smallest absolute Gasteiger partial charge is 0.309 e. The second kappa shape index (κ2) is 4.41. The molecule has 0 saturated carbocycles. The van der Waals surface area contributed by atoms with Gasteiger partial charge in [-0.1, -0.05) is 0 Å². The van der Waals surface area contributed by atoms with Crippen molar-refractivity contribution < 1.29 is 14.7 Å². The van der Waals surface area contributed by atoms with Crippen LogP contribution in [-0.2, 0) is 9.59 Å². The van der Waals surface area contributed by atoms with Crippen LogP contribution in [0.3, 0.4) is 0 Å². The SMILES string of the molecule is CCNC(=O)C(C)N1CC(C(=O)O)C1. The number of aliphatic carboxylic acids is 1. The maximum absolute atomic E-state index is 11.4. The van der Waals surface area contributed by atoms with E-state index in [0.717, 1.165) is 0 Å². The van der Waals surface area contributed by atoms with Crippen molar-refractivity contribution >= 4 is 11.9 Å². The molecule has 2 N–H and O–H groups in total. The van der Waals surface area contributed by atoms with E-state index in [4.69, 9.17) is 5.11 Å². The number of likely N-dealkylation sites (N-methyl/N-ethyl adjacent to an activating group) is 1. The summed E-state index contributed by atoms with van der Waals surface area (Å²) in [4.78, 5) is 23.7. The van der Waals surface area contributed by atoms with Gasteiger partial charge < -0.3 is 10.4 Å². The van der Waals surface area contributed by atoms with E-state index in [1.807, 2.05) is 11.8 Å². The third-order valence-corrected chi connectivity index (χ3v) is 2.54. The van der Waals surface area contributed by atoms with Crippen molar-refractivity contribution in [3.05, 3.63) is 0 Å². The zero-order valence-corrected chi connectivity index (χ0v) is 8.49. The molecule has 1 aliphatic rings. The molecule has 1 amide bonds. The Hall–Kier alpha value is -1.10. The van der Waals surface area contributed by atoms with Gasteiger partial charge in [-0.05, 0) is 13.8 Å². The summed E-state index contributed by atoms with van der Waals surface area (Å²) < 4.78 is 0. The minimum absolute atomic E-state index is 0.0312. The van der Waals surface area contributed by atoms with Crippen LogP contribution in [0.25, 0.3) is 0 Å². The summed E-state index contributed by atoms with van der Waals surface area (Å²) in [5.74, 6) is -1.10. The van der Waals surface area contributed by atoms with Crippen LogP contribution in [0, 0.1) is 5.92 Å². The van der Waals surface area contributed by atoms with E-state index >= 15 is 0 Å². The van der Waals surface area contributed by atoms with E-state index in [1.54, 1.807) is 6.92 Å². The number of amides is 1. The fourth-order valence-electron chi connectivity index (χ4n) is 1.47. The molecule has 1 rings (SSSR count). The molecule has 0 aliphatic carbocycles. The molecule has 0 aromatic heterocycles. The van der Waals surface area contributed by atoms with Gasteiger partial charge in [-0.25, -0.2) is 0 Å². The Kier molecular flexibility index (Phi) is 3.46. The van der Waals surface area contributed by atoms with Crippen molar-refractivity contribution in [3.8, 4) is 0 Å². The first-order valence-electron chi connectivity index (χ1n) is 4.80. The maximum Gasteiger partial charge on any atom is 0.309 e. The first-order chi connectivity index (χ1) is 6.56. The van der Waals surface area contributed by atoms with Crippen LogP contribution in [0.5, 0.6) is 0 Å². The summed E-state index contributed by atoms with van der Waals surface area (Å²) in [5, 5.41) is 11.4. The van der Waals surface area contributed by atoms with Crippen LogP contribution in [0.1, 0.15) is 13.8 Å². The Labute approximate surface area is 83.1 Å². The molecular formula is C9H16N2O3. The van der Waals surface area contributed by atoms with Gasteiger partial charge in [0.1, 0.15) is 0 Å². The number of nitrogens with one attached hydrogen (secondary N) is 1. The highest BCUT2D eigenvalue weighted by molar-refractivity contribution is 5.82. The fourth-order valence-corrected chi connectivity index (χ4v) is 1.47. The molecular weight excluding hydrogens is 184 g/mol. The number of nitrogens with zero attached hydrogens (tertiary/aromatic N) is 1. The zero-order chi connectivity index (χ0) is 10.7. The second-order valence-electron chi connectivity index (χ2n) is 3.56. The molecule has 80 valence electrons. The summed E-state index contributed by atoms with van der Waals surface area (Å²) in [6.45, 7) is 5.23. The number of carbonyl (C=O) groups excluding carboxylic acids is 1. The molecule has 1 atom stereocenters. The number of hydrogen-bond donors (Lipinski definition) is 2. The Morgan fingerprint density at radius 3 is 2.57 bits per heavy atom. The van der Waals surface area contributed by atoms with Crippen molar-refractivity contribution in [2.45, 2.75) is 19.9 Å². The van der Waals surface area contributed by atoms with E-state index in [0.29, 0.717) is 19.6 Å². The van der Waals surface area contributed by atoms with Crippen LogP contribution in [0.2, 0.25) is 0 Å². The number of hydrogen-bond acceptors (Lipinski definition) is 3. The van der Waals surface area contributed by atoms with E-state index < -0.39 is 5.97 Å². The molecule has 5 nitrogen and oxygen atoms in total. The predicted octanol–water partition coefficient (Wildman–Crippen LogP) is -0.473.